The number of halogens is 1. The second kappa shape index (κ2) is 6.21. The number of nitrogens with zero attached hydrogens (tertiary/aromatic N) is 1. The standard InChI is InChI=1S/C14H16FNO2S/c1-18-9-10-4-6-16(7-5-10)14(17)11-2-3-12(15)13(19)8-11/h2-4,8,19H,5-7,9H2,1H3. The van der Waals surface area contributed by atoms with Gasteiger partial charge in [-0.25, -0.2) is 4.39 Å². The van der Waals surface area contributed by atoms with E-state index >= 15 is 0 Å². The molecule has 19 heavy (non-hydrogen) atoms. The molecule has 0 saturated carbocycles. The third-order valence-corrected chi connectivity index (χ3v) is 3.46. The molecule has 0 saturated heterocycles. The van der Waals surface area contributed by atoms with E-state index in [1.165, 1.54) is 23.8 Å². The largest absolute Gasteiger partial charge is 0.380 e. The fourth-order valence-electron chi connectivity index (χ4n) is 2.04. The van der Waals surface area contributed by atoms with Crippen LogP contribution in [0.4, 0.5) is 4.39 Å². The van der Waals surface area contributed by atoms with Crippen LogP contribution in [0, 0.1) is 5.82 Å². The predicted octanol–water partition coefficient (Wildman–Crippen LogP) is 2.53. The molecule has 0 fully saturated rings. The molecule has 1 heterocycles. The van der Waals surface area contributed by atoms with Gasteiger partial charge in [0.15, 0.2) is 0 Å². The Morgan fingerprint density at radius 3 is 2.89 bits per heavy atom. The Hall–Kier alpha value is -1.33. The Balaban J connectivity index is 2.07. The van der Waals surface area contributed by atoms with E-state index in [9.17, 15) is 9.18 Å². The van der Waals surface area contributed by atoms with Crippen molar-refractivity contribution in [2.24, 2.45) is 0 Å². The van der Waals surface area contributed by atoms with Crippen molar-refractivity contribution < 1.29 is 13.9 Å². The highest BCUT2D eigenvalue weighted by Gasteiger charge is 2.19. The molecule has 0 radical (unpaired) electrons. The van der Waals surface area contributed by atoms with E-state index in [2.05, 4.69) is 12.6 Å². The molecule has 2 rings (SSSR count). The number of ether oxygens (including phenoxy) is 1. The summed E-state index contributed by atoms with van der Waals surface area (Å²) in [5, 5.41) is 0. The number of hydrogen-bond acceptors (Lipinski definition) is 3. The quantitative estimate of drug-likeness (QED) is 0.681. The molecule has 0 N–H and O–H groups in total. The summed E-state index contributed by atoms with van der Waals surface area (Å²) in [5.41, 5.74) is 1.68. The summed E-state index contributed by atoms with van der Waals surface area (Å²) in [6.07, 6.45) is 2.82. The van der Waals surface area contributed by atoms with Crippen molar-refractivity contribution >= 4 is 18.5 Å². The zero-order valence-electron chi connectivity index (χ0n) is 10.7. The number of carbonyl (C=O) groups is 1. The number of benzene rings is 1. The normalized spacial score (nSPS) is 15.3. The minimum Gasteiger partial charge on any atom is -0.380 e. The van der Waals surface area contributed by atoms with Crippen molar-refractivity contribution in [2.45, 2.75) is 11.3 Å². The molecule has 1 amide bonds. The van der Waals surface area contributed by atoms with Crippen molar-refractivity contribution in [2.75, 3.05) is 26.8 Å². The van der Waals surface area contributed by atoms with Gasteiger partial charge in [-0.05, 0) is 30.2 Å². The lowest BCUT2D eigenvalue weighted by molar-refractivity contribution is 0.0764. The summed E-state index contributed by atoms with van der Waals surface area (Å²) in [5.74, 6) is -0.510. The SMILES string of the molecule is COCC1=CCN(C(=O)c2ccc(F)c(S)c2)CC1. The van der Waals surface area contributed by atoms with Gasteiger partial charge < -0.3 is 9.64 Å². The van der Waals surface area contributed by atoms with E-state index < -0.39 is 5.82 Å². The minimum absolute atomic E-state index is 0.0944. The van der Waals surface area contributed by atoms with Crippen LogP contribution in [-0.2, 0) is 4.74 Å². The second-order valence-electron chi connectivity index (χ2n) is 4.46. The summed E-state index contributed by atoms with van der Waals surface area (Å²) in [6.45, 7) is 1.84. The first-order chi connectivity index (χ1) is 9.11. The molecule has 0 unspecified atom stereocenters. The smallest absolute Gasteiger partial charge is 0.254 e. The number of hydrogen-bond donors (Lipinski definition) is 1. The molecule has 0 spiro atoms. The van der Waals surface area contributed by atoms with Crippen LogP contribution in [0.2, 0.25) is 0 Å². The summed E-state index contributed by atoms with van der Waals surface area (Å²) in [6, 6.07) is 4.23. The average Bonchev–Trinajstić information content (AvgIpc) is 2.42. The van der Waals surface area contributed by atoms with Crippen molar-refractivity contribution in [1.82, 2.24) is 4.90 Å². The highest BCUT2D eigenvalue weighted by Crippen LogP contribution is 2.18. The molecule has 1 aromatic rings. The molecule has 0 aromatic heterocycles. The monoisotopic (exact) mass is 281 g/mol. The van der Waals surface area contributed by atoms with E-state index in [1.54, 1.807) is 12.0 Å². The summed E-state index contributed by atoms with van der Waals surface area (Å²) in [7, 11) is 1.66. The molecule has 0 bridgehead atoms. The Morgan fingerprint density at radius 1 is 1.53 bits per heavy atom. The van der Waals surface area contributed by atoms with Crippen molar-refractivity contribution in [3.63, 3.8) is 0 Å². The predicted molar refractivity (Wildman–Crippen MR) is 74.1 cm³/mol. The Kier molecular flexibility index (Phi) is 4.61. The van der Waals surface area contributed by atoms with Crippen LogP contribution in [0.3, 0.4) is 0 Å². The maximum Gasteiger partial charge on any atom is 0.254 e. The molecular weight excluding hydrogens is 265 g/mol. The van der Waals surface area contributed by atoms with E-state index in [0.717, 1.165) is 6.42 Å². The topological polar surface area (TPSA) is 29.5 Å². The van der Waals surface area contributed by atoms with Gasteiger partial charge in [-0.15, -0.1) is 12.6 Å². The van der Waals surface area contributed by atoms with Gasteiger partial charge in [0, 0.05) is 30.7 Å². The van der Waals surface area contributed by atoms with Gasteiger partial charge in [0.25, 0.3) is 5.91 Å². The fraction of sp³-hybridized carbons (Fsp3) is 0.357. The molecule has 102 valence electrons. The molecule has 1 aromatic carbocycles. The molecule has 1 aliphatic heterocycles. The van der Waals surface area contributed by atoms with Gasteiger partial charge in [-0.2, -0.15) is 0 Å². The van der Waals surface area contributed by atoms with E-state index in [0.29, 0.717) is 25.3 Å². The highest BCUT2D eigenvalue weighted by atomic mass is 32.1. The summed E-state index contributed by atoms with van der Waals surface area (Å²) in [4.78, 5) is 14.2. The highest BCUT2D eigenvalue weighted by molar-refractivity contribution is 7.80. The molecule has 5 heteroatoms. The van der Waals surface area contributed by atoms with Gasteiger partial charge in [-0.3, -0.25) is 4.79 Å². The van der Waals surface area contributed by atoms with Crippen LogP contribution < -0.4 is 0 Å². The lowest BCUT2D eigenvalue weighted by atomic mass is 10.1. The number of carbonyl (C=O) groups excluding carboxylic acids is 1. The number of thiol groups is 1. The molecule has 0 aliphatic carbocycles. The molecule has 3 nitrogen and oxygen atoms in total. The molecule has 1 aliphatic rings. The summed E-state index contributed by atoms with van der Waals surface area (Å²) >= 11 is 3.99. The first kappa shape index (κ1) is 14.1. The number of amides is 1. The minimum atomic E-state index is -0.416. The van der Waals surface area contributed by atoms with E-state index in [4.69, 9.17) is 4.74 Å². The Labute approximate surface area is 117 Å². The zero-order valence-corrected chi connectivity index (χ0v) is 11.6. The molecule has 0 atom stereocenters. The van der Waals surface area contributed by atoms with Crippen LogP contribution >= 0.6 is 12.6 Å². The van der Waals surface area contributed by atoms with Crippen molar-refractivity contribution in [3.05, 3.63) is 41.2 Å². The van der Waals surface area contributed by atoms with Gasteiger partial charge >= 0.3 is 0 Å². The third-order valence-electron chi connectivity index (χ3n) is 3.11. The maximum absolute atomic E-state index is 13.1. The Morgan fingerprint density at radius 2 is 2.32 bits per heavy atom. The van der Waals surface area contributed by atoms with Gasteiger partial charge in [0.2, 0.25) is 0 Å². The maximum atomic E-state index is 13.1. The van der Waals surface area contributed by atoms with Crippen LogP contribution in [0.15, 0.2) is 34.7 Å². The van der Waals surface area contributed by atoms with Crippen molar-refractivity contribution in [3.8, 4) is 0 Å². The van der Waals surface area contributed by atoms with Crippen LogP contribution in [-0.4, -0.2) is 37.6 Å². The molecular formula is C14H16FNO2S. The second-order valence-corrected chi connectivity index (χ2v) is 4.94. The van der Waals surface area contributed by atoms with Gasteiger partial charge in [0.1, 0.15) is 5.82 Å². The van der Waals surface area contributed by atoms with Crippen molar-refractivity contribution in [1.29, 1.82) is 0 Å². The average molecular weight is 281 g/mol. The van der Waals surface area contributed by atoms with Gasteiger partial charge in [-0.1, -0.05) is 6.08 Å². The first-order valence-corrected chi connectivity index (χ1v) is 6.51. The lowest BCUT2D eigenvalue weighted by Gasteiger charge is -2.26. The van der Waals surface area contributed by atoms with Gasteiger partial charge in [0.05, 0.1) is 6.61 Å². The van der Waals surface area contributed by atoms with Crippen LogP contribution in [0.1, 0.15) is 16.8 Å². The third kappa shape index (κ3) is 3.36. The number of methoxy groups -OCH3 is 1. The van der Waals surface area contributed by atoms with Crippen LogP contribution in [0.25, 0.3) is 0 Å². The summed E-state index contributed by atoms with van der Waals surface area (Å²) < 4.78 is 18.2. The van der Waals surface area contributed by atoms with E-state index in [1.807, 2.05) is 6.08 Å². The number of rotatable bonds is 3. The zero-order chi connectivity index (χ0) is 13.8. The fourth-order valence-corrected chi connectivity index (χ4v) is 2.25. The van der Waals surface area contributed by atoms with E-state index in [-0.39, 0.29) is 10.8 Å². The lowest BCUT2D eigenvalue weighted by Crippen LogP contribution is -2.35. The Bertz CT molecular complexity index is 516. The van der Waals surface area contributed by atoms with Crippen LogP contribution in [0.5, 0.6) is 0 Å². The first-order valence-electron chi connectivity index (χ1n) is 6.06.